The Kier molecular flexibility index (Phi) is 15.0. The van der Waals surface area contributed by atoms with Gasteiger partial charge in [0.05, 0.1) is 0 Å². The van der Waals surface area contributed by atoms with Gasteiger partial charge in [0.15, 0.2) is 0 Å². The van der Waals surface area contributed by atoms with E-state index in [-0.39, 0.29) is 5.41 Å². The molecule has 1 saturated heterocycles. The van der Waals surface area contributed by atoms with E-state index in [0.717, 1.165) is 5.92 Å². The molecule has 26 heavy (non-hydrogen) atoms. The average molecular weight is 364 g/mol. The molecule has 2 rings (SSSR count). The van der Waals surface area contributed by atoms with Crippen LogP contribution in [0, 0.1) is 18.3 Å². The third kappa shape index (κ3) is 7.43. The molecule has 0 aliphatic carbocycles. The first-order valence-electron chi connectivity index (χ1n) is 11.1. The van der Waals surface area contributed by atoms with Gasteiger partial charge in [-0.25, -0.2) is 0 Å². The Morgan fingerprint density at radius 2 is 1.27 bits per heavy atom. The highest BCUT2D eigenvalue weighted by molar-refractivity contribution is 5.29. The summed E-state index contributed by atoms with van der Waals surface area (Å²) in [5, 5.41) is 3.55. The number of rotatable bonds is 3. The van der Waals surface area contributed by atoms with E-state index in [4.69, 9.17) is 0 Å². The fourth-order valence-electron chi connectivity index (χ4n) is 3.59. The van der Waals surface area contributed by atoms with Crippen molar-refractivity contribution in [3.05, 3.63) is 35.4 Å². The van der Waals surface area contributed by atoms with E-state index in [1.165, 1.54) is 43.5 Å². The SMILES string of the molecule is CC.CC.CC.Cc1ccc(C(C)(C)C(C)(C)C2CCCNCC2)cc1. The molecule has 1 unspecified atom stereocenters. The smallest absolute Gasteiger partial charge is 0.00461 e. The van der Waals surface area contributed by atoms with Crippen molar-refractivity contribution in [1.82, 2.24) is 5.32 Å². The van der Waals surface area contributed by atoms with Crippen LogP contribution in [-0.2, 0) is 5.41 Å². The van der Waals surface area contributed by atoms with Crippen LogP contribution in [-0.4, -0.2) is 13.1 Å². The van der Waals surface area contributed by atoms with Crippen molar-refractivity contribution < 1.29 is 0 Å². The molecule has 0 saturated carbocycles. The molecule has 1 aliphatic heterocycles. The van der Waals surface area contributed by atoms with Crippen LogP contribution in [0.5, 0.6) is 0 Å². The predicted molar refractivity (Wildman–Crippen MR) is 122 cm³/mol. The lowest BCUT2D eigenvalue weighted by molar-refractivity contribution is 0.0923. The number of nitrogens with one attached hydrogen (secondary N) is 1. The van der Waals surface area contributed by atoms with Crippen molar-refractivity contribution in [3.63, 3.8) is 0 Å². The number of hydrogen-bond donors (Lipinski definition) is 1. The first-order valence-corrected chi connectivity index (χ1v) is 11.1. The van der Waals surface area contributed by atoms with E-state index in [2.05, 4.69) is 64.2 Å². The van der Waals surface area contributed by atoms with Crippen molar-refractivity contribution in [2.24, 2.45) is 11.3 Å². The molecule has 1 heteroatoms. The van der Waals surface area contributed by atoms with Gasteiger partial charge in [-0.1, -0.05) is 99.1 Å². The lowest BCUT2D eigenvalue weighted by atomic mass is 9.57. The standard InChI is InChI=1S/C19H31N.3C2H6/c1-15-8-10-17(11-9-15)19(4,5)18(2,3)16-7-6-13-20-14-12-16;3*1-2/h8-11,16,20H,6-7,12-14H2,1-5H3;3*1-2H3. The first kappa shape index (κ1) is 27.4. The van der Waals surface area contributed by atoms with Gasteiger partial charge in [-0.2, -0.15) is 0 Å². The molecule has 1 N–H and O–H groups in total. The number of benzene rings is 1. The number of aryl methyl sites for hydroxylation is 1. The molecule has 0 aromatic heterocycles. The van der Waals surface area contributed by atoms with E-state index in [1.807, 2.05) is 41.5 Å². The molecule has 1 atom stereocenters. The van der Waals surface area contributed by atoms with Gasteiger partial charge in [0, 0.05) is 0 Å². The van der Waals surface area contributed by atoms with Gasteiger partial charge in [-0.15, -0.1) is 0 Å². The van der Waals surface area contributed by atoms with Crippen molar-refractivity contribution in [2.45, 2.75) is 101 Å². The zero-order valence-corrected chi connectivity index (χ0v) is 19.9. The maximum Gasteiger partial charge on any atom is -0.00461 e. The highest BCUT2D eigenvalue weighted by Crippen LogP contribution is 2.49. The zero-order chi connectivity index (χ0) is 20.8. The Morgan fingerprint density at radius 3 is 1.77 bits per heavy atom. The average Bonchev–Trinajstić information content (AvgIpc) is 2.97. The summed E-state index contributed by atoms with van der Waals surface area (Å²) in [7, 11) is 0. The zero-order valence-electron chi connectivity index (χ0n) is 19.9. The molecule has 154 valence electrons. The summed E-state index contributed by atoms with van der Waals surface area (Å²) in [5.41, 5.74) is 3.34. The van der Waals surface area contributed by atoms with Gasteiger partial charge in [0.2, 0.25) is 0 Å². The van der Waals surface area contributed by atoms with E-state index in [9.17, 15) is 0 Å². The van der Waals surface area contributed by atoms with Gasteiger partial charge in [-0.05, 0) is 61.6 Å². The van der Waals surface area contributed by atoms with Gasteiger partial charge >= 0.3 is 0 Å². The van der Waals surface area contributed by atoms with Crippen LogP contribution in [0.1, 0.15) is 99.6 Å². The second-order valence-corrected chi connectivity index (χ2v) is 7.59. The Morgan fingerprint density at radius 1 is 0.769 bits per heavy atom. The Hall–Kier alpha value is -0.820. The third-order valence-corrected chi connectivity index (χ3v) is 5.98. The van der Waals surface area contributed by atoms with E-state index < -0.39 is 0 Å². The monoisotopic (exact) mass is 363 g/mol. The normalized spacial score (nSPS) is 17.3. The highest BCUT2D eigenvalue weighted by atomic mass is 14.9. The van der Waals surface area contributed by atoms with Crippen LogP contribution in [0.15, 0.2) is 24.3 Å². The molecular weight excluding hydrogens is 314 g/mol. The molecular formula is C25H49N. The quantitative estimate of drug-likeness (QED) is 0.578. The van der Waals surface area contributed by atoms with Gasteiger partial charge in [0.1, 0.15) is 0 Å². The number of hydrogen-bond acceptors (Lipinski definition) is 1. The summed E-state index contributed by atoms with van der Waals surface area (Å²) in [5.74, 6) is 0.800. The first-order chi connectivity index (χ1) is 12.4. The third-order valence-electron chi connectivity index (χ3n) is 5.98. The van der Waals surface area contributed by atoms with Crippen molar-refractivity contribution in [1.29, 1.82) is 0 Å². The second kappa shape index (κ2) is 14.3. The van der Waals surface area contributed by atoms with E-state index >= 15 is 0 Å². The predicted octanol–water partition coefficient (Wildman–Crippen LogP) is 7.77. The topological polar surface area (TPSA) is 12.0 Å². The molecule has 0 spiro atoms. The van der Waals surface area contributed by atoms with Crippen LogP contribution in [0.4, 0.5) is 0 Å². The lowest BCUT2D eigenvalue weighted by Gasteiger charge is -2.47. The van der Waals surface area contributed by atoms with Crippen molar-refractivity contribution in [3.8, 4) is 0 Å². The fraction of sp³-hybridized carbons (Fsp3) is 0.760. The van der Waals surface area contributed by atoms with Gasteiger partial charge < -0.3 is 5.32 Å². The fourth-order valence-corrected chi connectivity index (χ4v) is 3.59. The minimum absolute atomic E-state index is 0.204. The summed E-state index contributed by atoms with van der Waals surface area (Å²) >= 11 is 0. The second-order valence-electron chi connectivity index (χ2n) is 7.59. The molecule has 1 fully saturated rings. The molecule has 1 heterocycles. The lowest BCUT2D eigenvalue weighted by Crippen LogP contribution is -2.42. The molecule has 0 amide bonds. The minimum atomic E-state index is 0.204. The molecule has 1 nitrogen and oxygen atoms in total. The van der Waals surface area contributed by atoms with Crippen LogP contribution in [0.3, 0.4) is 0 Å². The van der Waals surface area contributed by atoms with E-state index in [1.54, 1.807) is 0 Å². The van der Waals surface area contributed by atoms with Crippen molar-refractivity contribution >= 4 is 0 Å². The van der Waals surface area contributed by atoms with Crippen LogP contribution in [0.25, 0.3) is 0 Å². The van der Waals surface area contributed by atoms with Crippen molar-refractivity contribution in [2.75, 3.05) is 13.1 Å². The molecule has 1 aromatic rings. The Balaban J connectivity index is 0. The maximum atomic E-state index is 3.55. The Labute approximate surface area is 166 Å². The largest absolute Gasteiger partial charge is 0.317 e. The molecule has 0 radical (unpaired) electrons. The highest BCUT2D eigenvalue weighted by Gasteiger charge is 2.43. The Bertz CT molecular complexity index is 420. The maximum absolute atomic E-state index is 3.55. The van der Waals surface area contributed by atoms with Crippen LogP contribution < -0.4 is 5.32 Å². The summed E-state index contributed by atoms with van der Waals surface area (Å²) in [4.78, 5) is 0. The van der Waals surface area contributed by atoms with Gasteiger partial charge in [0.25, 0.3) is 0 Å². The van der Waals surface area contributed by atoms with E-state index in [0.29, 0.717) is 5.41 Å². The summed E-state index contributed by atoms with van der Waals surface area (Å²) in [6, 6.07) is 9.15. The summed E-state index contributed by atoms with van der Waals surface area (Å²) in [6.45, 7) is 26.3. The molecule has 0 bridgehead atoms. The van der Waals surface area contributed by atoms with Crippen LogP contribution in [0.2, 0.25) is 0 Å². The summed E-state index contributed by atoms with van der Waals surface area (Å²) in [6.07, 6.45) is 3.98. The summed E-state index contributed by atoms with van der Waals surface area (Å²) < 4.78 is 0. The minimum Gasteiger partial charge on any atom is -0.317 e. The molecule has 1 aromatic carbocycles. The van der Waals surface area contributed by atoms with Crippen LogP contribution >= 0.6 is 0 Å². The van der Waals surface area contributed by atoms with Gasteiger partial charge in [-0.3, -0.25) is 0 Å². The molecule has 1 aliphatic rings.